The Bertz CT molecular complexity index is 321. The molecule has 0 radical (unpaired) electrons. The molecule has 1 heterocycles. The largest absolute Gasteiger partial charge is 0.330 e. The van der Waals surface area contributed by atoms with Crippen LogP contribution >= 0.6 is 0 Å². The van der Waals surface area contributed by atoms with E-state index in [0.717, 1.165) is 19.6 Å². The van der Waals surface area contributed by atoms with Gasteiger partial charge in [-0.3, -0.25) is 4.90 Å². The molecular formula is C14H22N2. The molecule has 0 amide bonds. The first-order valence-electron chi connectivity index (χ1n) is 6.21. The molecule has 0 saturated carbocycles. The fraction of sp³-hybridized carbons (Fsp3) is 0.571. The number of nitrogens with two attached hydrogens (primary N) is 1. The lowest BCUT2D eigenvalue weighted by molar-refractivity contribution is 0.265. The van der Waals surface area contributed by atoms with Crippen molar-refractivity contribution in [3.8, 4) is 0 Å². The molecule has 1 fully saturated rings. The molecule has 16 heavy (non-hydrogen) atoms. The first-order valence-corrected chi connectivity index (χ1v) is 6.21. The minimum Gasteiger partial charge on any atom is -0.330 e. The van der Waals surface area contributed by atoms with Crippen molar-refractivity contribution in [1.82, 2.24) is 4.90 Å². The van der Waals surface area contributed by atoms with Gasteiger partial charge in [0.15, 0.2) is 0 Å². The molecule has 0 bridgehead atoms. The minimum absolute atomic E-state index is 0.616. The summed E-state index contributed by atoms with van der Waals surface area (Å²) in [5.74, 6) is 1.23. The van der Waals surface area contributed by atoms with Crippen LogP contribution in [0.1, 0.15) is 25.3 Å². The SMILES string of the molecule is CC(C)N1C[C@@H](CN)[C@H](c2ccccc2)C1. The average molecular weight is 218 g/mol. The summed E-state index contributed by atoms with van der Waals surface area (Å²) < 4.78 is 0. The van der Waals surface area contributed by atoms with Crippen LogP contribution in [0.15, 0.2) is 30.3 Å². The van der Waals surface area contributed by atoms with Crippen LogP contribution in [-0.2, 0) is 0 Å². The molecule has 1 aromatic carbocycles. The predicted molar refractivity (Wildman–Crippen MR) is 68.4 cm³/mol. The molecule has 88 valence electrons. The molecule has 2 heteroatoms. The highest BCUT2D eigenvalue weighted by atomic mass is 15.2. The van der Waals surface area contributed by atoms with Gasteiger partial charge in [-0.15, -0.1) is 0 Å². The maximum Gasteiger partial charge on any atom is 0.00567 e. The maximum atomic E-state index is 5.90. The van der Waals surface area contributed by atoms with E-state index in [1.165, 1.54) is 5.56 Å². The van der Waals surface area contributed by atoms with Crippen LogP contribution < -0.4 is 5.73 Å². The van der Waals surface area contributed by atoms with E-state index < -0.39 is 0 Å². The van der Waals surface area contributed by atoms with Gasteiger partial charge in [0, 0.05) is 25.0 Å². The second-order valence-corrected chi connectivity index (χ2v) is 5.06. The maximum absolute atomic E-state index is 5.90. The standard InChI is InChI=1S/C14H22N2/c1-11(2)16-9-13(8-15)14(10-16)12-6-4-3-5-7-12/h3-7,11,13-14H,8-10,15H2,1-2H3/t13-,14+/m1/s1. The number of rotatable bonds is 3. The van der Waals surface area contributed by atoms with Crippen molar-refractivity contribution >= 4 is 0 Å². The topological polar surface area (TPSA) is 29.3 Å². The third-order valence-electron chi connectivity index (χ3n) is 3.73. The van der Waals surface area contributed by atoms with Gasteiger partial charge in [-0.05, 0) is 31.9 Å². The lowest BCUT2D eigenvalue weighted by atomic mass is 9.89. The van der Waals surface area contributed by atoms with Crippen molar-refractivity contribution in [3.63, 3.8) is 0 Å². The summed E-state index contributed by atoms with van der Waals surface area (Å²) in [6.45, 7) is 7.63. The molecule has 2 rings (SSSR count). The van der Waals surface area contributed by atoms with Gasteiger partial charge in [0.25, 0.3) is 0 Å². The lowest BCUT2D eigenvalue weighted by Gasteiger charge is -2.20. The number of benzene rings is 1. The quantitative estimate of drug-likeness (QED) is 0.841. The summed E-state index contributed by atoms with van der Waals surface area (Å²) in [7, 11) is 0. The van der Waals surface area contributed by atoms with Gasteiger partial charge in [0.05, 0.1) is 0 Å². The summed E-state index contributed by atoms with van der Waals surface area (Å²) in [5.41, 5.74) is 7.34. The van der Waals surface area contributed by atoms with Crippen molar-refractivity contribution < 1.29 is 0 Å². The molecule has 1 aliphatic rings. The molecule has 1 aliphatic heterocycles. The normalized spacial score (nSPS) is 26.5. The van der Waals surface area contributed by atoms with E-state index in [9.17, 15) is 0 Å². The van der Waals surface area contributed by atoms with Crippen molar-refractivity contribution in [1.29, 1.82) is 0 Å². The van der Waals surface area contributed by atoms with E-state index in [1.54, 1.807) is 0 Å². The lowest BCUT2D eigenvalue weighted by Crippen LogP contribution is -2.29. The van der Waals surface area contributed by atoms with E-state index in [1.807, 2.05) is 0 Å². The second-order valence-electron chi connectivity index (χ2n) is 5.06. The Morgan fingerprint density at radius 3 is 2.50 bits per heavy atom. The highest BCUT2D eigenvalue weighted by Crippen LogP contribution is 2.32. The number of hydrogen-bond acceptors (Lipinski definition) is 2. The zero-order valence-corrected chi connectivity index (χ0v) is 10.3. The van der Waals surface area contributed by atoms with E-state index in [-0.39, 0.29) is 0 Å². The van der Waals surface area contributed by atoms with E-state index in [0.29, 0.717) is 17.9 Å². The summed E-state index contributed by atoms with van der Waals surface area (Å²) >= 11 is 0. The van der Waals surface area contributed by atoms with E-state index in [2.05, 4.69) is 49.1 Å². The fourth-order valence-electron chi connectivity index (χ4n) is 2.64. The van der Waals surface area contributed by atoms with Crippen LogP contribution in [0.3, 0.4) is 0 Å². The van der Waals surface area contributed by atoms with Crippen LogP contribution in [0.5, 0.6) is 0 Å². The first-order chi connectivity index (χ1) is 7.72. The minimum atomic E-state index is 0.616. The molecule has 0 unspecified atom stereocenters. The van der Waals surface area contributed by atoms with Crippen LogP contribution in [0.2, 0.25) is 0 Å². The zero-order chi connectivity index (χ0) is 11.5. The molecule has 2 nitrogen and oxygen atoms in total. The smallest absolute Gasteiger partial charge is 0.00567 e. The zero-order valence-electron chi connectivity index (χ0n) is 10.3. The van der Waals surface area contributed by atoms with Gasteiger partial charge in [-0.1, -0.05) is 30.3 Å². The fourth-order valence-corrected chi connectivity index (χ4v) is 2.64. The van der Waals surface area contributed by atoms with Gasteiger partial charge >= 0.3 is 0 Å². The van der Waals surface area contributed by atoms with Crippen LogP contribution in [0.25, 0.3) is 0 Å². The van der Waals surface area contributed by atoms with E-state index >= 15 is 0 Å². The summed E-state index contributed by atoms with van der Waals surface area (Å²) in [4.78, 5) is 2.54. The van der Waals surface area contributed by atoms with Crippen LogP contribution in [-0.4, -0.2) is 30.6 Å². The van der Waals surface area contributed by atoms with Gasteiger partial charge < -0.3 is 5.73 Å². The van der Waals surface area contributed by atoms with Gasteiger partial charge in [0.1, 0.15) is 0 Å². The number of nitrogens with zero attached hydrogens (tertiary/aromatic N) is 1. The molecule has 0 spiro atoms. The second kappa shape index (κ2) is 4.98. The third kappa shape index (κ3) is 2.28. The Morgan fingerprint density at radius 1 is 1.25 bits per heavy atom. The Hall–Kier alpha value is -0.860. The molecular weight excluding hydrogens is 196 g/mol. The van der Waals surface area contributed by atoms with E-state index in [4.69, 9.17) is 5.73 Å². The molecule has 2 atom stereocenters. The van der Waals surface area contributed by atoms with Gasteiger partial charge in [0.2, 0.25) is 0 Å². The van der Waals surface area contributed by atoms with Gasteiger partial charge in [-0.25, -0.2) is 0 Å². The Balaban J connectivity index is 2.15. The summed E-state index contributed by atoms with van der Waals surface area (Å²) in [6.07, 6.45) is 0. The summed E-state index contributed by atoms with van der Waals surface area (Å²) in [5, 5.41) is 0. The number of likely N-dealkylation sites (tertiary alicyclic amines) is 1. The monoisotopic (exact) mass is 218 g/mol. The number of hydrogen-bond donors (Lipinski definition) is 1. The Kier molecular flexibility index (Phi) is 3.62. The van der Waals surface area contributed by atoms with Gasteiger partial charge in [-0.2, -0.15) is 0 Å². The summed E-state index contributed by atoms with van der Waals surface area (Å²) in [6, 6.07) is 11.4. The molecule has 1 saturated heterocycles. The van der Waals surface area contributed by atoms with Crippen molar-refractivity contribution in [2.24, 2.45) is 11.7 Å². The Morgan fingerprint density at radius 2 is 1.94 bits per heavy atom. The Labute approximate surface area is 98.4 Å². The average Bonchev–Trinajstić information content (AvgIpc) is 2.74. The third-order valence-corrected chi connectivity index (χ3v) is 3.73. The molecule has 0 aromatic heterocycles. The molecule has 1 aromatic rings. The van der Waals surface area contributed by atoms with Crippen LogP contribution in [0.4, 0.5) is 0 Å². The molecule has 2 N–H and O–H groups in total. The van der Waals surface area contributed by atoms with Crippen molar-refractivity contribution in [3.05, 3.63) is 35.9 Å². The first kappa shape index (κ1) is 11.6. The predicted octanol–water partition coefficient (Wildman–Crippen LogP) is 2.07. The van der Waals surface area contributed by atoms with Crippen LogP contribution in [0, 0.1) is 5.92 Å². The van der Waals surface area contributed by atoms with Crippen molar-refractivity contribution in [2.45, 2.75) is 25.8 Å². The van der Waals surface area contributed by atoms with Crippen molar-refractivity contribution in [2.75, 3.05) is 19.6 Å². The highest BCUT2D eigenvalue weighted by molar-refractivity contribution is 5.22. The molecule has 0 aliphatic carbocycles. The highest BCUT2D eigenvalue weighted by Gasteiger charge is 2.33.